The second-order valence-corrected chi connectivity index (χ2v) is 7.32. The highest BCUT2D eigenvalue weighted by atomic mass is 32.2. The Morgan fingerprint density at radius 3 is 2.76 bits per heavy atom. The molecular formula is C21H20N4O3S. The minimum atomic E-state index is -0.354. The van der Waals surface area contributed by atoms with Crippen LogP contribution < -0.4 is 5.56 Å². The third-order valence-electron chi connectivity index (χ3n) is 4.54. The van der Waals surface area contributed by atoms with Crippen molar-refractivity contribution in [1.82, 2.24) is 19.5 Å². The number of ether oxygens (including phenoxy) is 1. The summed E-state index contributed by atoms with van der Waals surface area (Å²) in [5.74, 6) is 0.724. The molecule has 4 rings (SSSR count). The Bertz CT molecular complexity index is 1260. The van der Waals surface area contributed by atoms with E-state index in [1.165, 1.54) is 11.8 Å². The van der Waals surface area contributed by atoms with Gasteiger partial charge in [0, 0.05) is 6.54 Å². The van der Waals surface area contributed by atoms with Gasteiger partial charge in [0.25, 0.3) is 5.56 Å². The number of carbonyl (C=O) groups is 1. The number of hydrogen-bond acceptors (Lipinski definition) is 6. The second kappa shape index (κ2) is 8.08. The Hall–Kier alpha value is -3.13. The number of carbonyl (C=O) groups excluding carboxylic acids is 1. The van der Waals surface area contributed by atoms with Crippen LogP contribution in [0.5, 0.6) is 0 Å². The van der Waals surface area contributed by atoms with E-state index in [9.17, 15) is 9.59 Å². The van der Waals surface area contributed by atoms with Gasteiger partial charge >= 0.3 is 5.97 Å². The normalized spacial score (nSPS) is 11.2. The standard InChI is InChI=1S/C21H20N4O3S/c1-3-25-17-10-9-13(20(27)28-4-2)11-16(17)23-21(25)29-12-18-22-15-8-6-5-7-14(15)19(26)24-18/h5-11H,3-4,12H2,1-2H3,(H,22,24,26). The van der Waals surface area contributed by atoms with E-state index in [0.717, 1.165) is 22.7 Å². The number of thioether (sulfide) groups is 1. The maximum atomic E-state index is 12.3. The summed E-state index contributed by atoms with van der Waals surface area (Å²) in [4.78, 5) is 36.3. The molecule has 0 aliphatic rings. The minimum Gasteiger partial charge on any atom is -0.462 e. The predicted molar refractivity (Wildman–Crippen MR) is 113 cm³/mol. The lowest BCUT2D eigenvalue weighted by atomic mass is 10.2. The fourth-order valence-corrected chi connectivity index (χ4v) is 4.15. The largest absolute Gasteiger partial charge is 0.462 e. The maximum Gasteiger partial charge on any atom is 0.338 e. The van der Waals surface area contributed by atoms with Crippen LogP contribution in [-0.4, -0.2) is 32.1 Å². The molecule has 0 fully saturated rings. The number of H-pyrrole nitrogens is 1. The number of benzene rings is 2. The van der Waals surface area contributed by atoms with Crippen LogP contribution in [-0.2, 0) is 17.0 Å². The summed E-state index contributed by atoms with van der Waals surface area (Å²) in [5.41, 5.74) is 2.70. The monoisotopic (exact) mass is 408 g/mol. The number of aryl methyl sites for hydroxylation is 1. The van der Waals surface area contributed by atoms with E-state index in [-0.39, 0.29) is 11.5 Å². The van der Waals surface area contributed by atoms with E-state index >= 15 is 0 Å². The number of rotatable bonds is 6. The fourth-order valence-electron chi connectivity index (χ4n) is 3.20. The number of fused-ring (bicyclic) bond motifs is 2. The molecule has 0 bridgehead atoms. The number of para-hydroxylation sites is 1. The van der Waals surface area contributed by atoms with Crippen LogP contribution >= 0.6 is 11.8 Å². The summed E-state index contributed by atoms with van der Waals surface area (Å²) < 4.78 is 7.15. The van der Waals surface area contributed by atoms with E-state index in [0.29, 0.717) is 34.7 Å². The van der Waals surface area contributed by atoms with Gasteiger partial charge in [0.15, 0.2) is 5.16 Å². The molecule has 29 heavy (non-hydrogen) atoms. The molecule has 4 aromatic rings. The van der Waals surface area contributed by atoms with Crippen LogP contribution in [0.2, 0.25) is 0 Å². The second-order valence-electron chi connectivity index (χ2n) is 6.38. The lowest BCUT2D eigenvalue weighted by Crippen LogP contribution is -2.11. The molecule has 0 radical (unpaired) electrons. The first-order chi connectivity index (χ1) is 14.1. The van der Waals surface area contributed by atoms with Gasteiger partial charge in [-0.05, 0) is 44.2 Å². The number of imidazole rings is 1. The van der Waals surface area contributed by atoms with Gasteiger partial charge in [-0.3, -0.25) is 4.79 Å². The van der Waals surface area contributed by atoms with Crippen molar-refractivity contribution >= 4 is 39.7 Å². The average Bonchev–Trinajstić information content (AvgIpc) is 3.09. The summed E-state index contributed by atoms with van der Waals surface area (Å²) in [7, 11) is 0. The highest BCUT2D eigenvalue weighted by Gasteiger charge is 2.14. The lowest BCUT2D eigenvalue weighted by molar-refractivity contribution is 0.0526. The first kappa shape index (κ1) is 19.2. The zero-order valence-electron chi connectivity index (χ0n) is 16.1. The van der Waals surface area contributed by atoms with Gasteiger partial charge in [0.05, 0.1) is 39.9 Å². The molecule has 0 aliphatic heterocycles. The van der Waals surface area contributed by atoms with Gasteiger partial charge in [-0.15, -0.1) is 0 Å². The molecule has 0 spiro atoms. The molecule has 8 heteroatoms. The van der Waals surface area contributed by atoms with Gasteiger partial charge in [0.1, 0.15) is 5.82 Å². The van der Waals surface area contributed by atoms with Crippen LogP contribution in [0.4, 0.5) is 0 Å². The van der Waals surface area contributed by atoms with E-state index in [1.807, 2.05) is 31.2 Å². The lowest BCUT2D eigenvalue weighted by Gasteiger charge is -2.06. The summed E-state index contributed by atoms with van der Waals surface area (Å²) in [6, 6.07) is 12.7. The summed E-state index contributed by atoms with van der Waals surface area (Å²) in [6.07, 6.45) is 0. The highest BCUT2D eigenvalue weighted by molar-refractivity contribution is 7.98. The molecule has 148 valence electrons. The van der Waals surface area contributed by atoms with Crippen LogP contribution in [0, 0.1) is 0 Å². The third-order valence-corrected chi connectivity index (χ3v) is 5.53. The molecule has 2 aromatic carbocycles. The van der Waals surface area contributed by atoms with E-state index in [2.05, 4.69) is 19.5 Å². The number of aromatic amines is 1. The van der Waals surface area contributed by atoms with Crippen molar-refractivity contribution in [3.05, 3.63) is 64.2 Å². The fraction of sp³-hybridized carbons (Fsp3) is 0.238. The number of esters is 1. The molecule has 0 amide bonds. The molecule has 0 unspecified atom stereocenters. The van der Waals surface area contributed by atoms with Crippen molar-refractivity contribution in [2.75, 3.05) is 6.61 Å². The molecule has 0 aliphatic carbocycles. The highest BCUT2D eigenvalue weighted by Crippen LogP contribution is 2.27. The van der Waals surface area contributed by atoms with Gasteiger partial charge in [0.2, 0.25) is 0 Å². The van der Waals surface area contributed by atoms with Gasteiger partial charge < -0.3 is 14.3 Å². The number of aromatic nitrogens is 4. The zero-order chi connectivity index (χ0) is 20.4. The molecule has 0 saturated heterocycles. The molecule has 7 nitrogen and oxygen atoms in total. The molecule has 0 atom stereocenters. The van der Waals surface area contributed by atoms with Crippen molar-refractivity contribution < 1.29 is 9.53 Å². The topological polar surface area (TPSA) is 89.9 Å². The Balaban J connectivity index is 1.63. The minimum absolute atomic E-state index is 0.144. The Labute approximate surface area is 171 Å². The summed E-state index contributed by atoms with van der Waals surface area (Å²) >= 11 is 1.50. The third kappa shape index (κ3) is 3.75. The van der Waals surface area contributed by atoms with Gasteiger partial charge in [-0.2, -0.15) is 0 Å². The molecule has 2 aromatic heterocycles. The first-order valence-corrected chi connectivity index (χ1v) is 10.4. The van der Waals surface area contributed by atoms with E-state index < -0.39 is 0 Å². The van der Waals surface area contributed by atoms with Crippen molar-refractivity contribution in [3.63, 3.8) is 0 Å². The van der Waals surface area contributed by atoms with Gasteiger partial charge in [-0.25, -0.2) is 14.8 Å². The van der Waals surface area contributed by atoms with Crippen molar-refractivity contribution in [2.45, 2.75) is 31.3 Å². The Morgan fingerprint density at radius 2 is 1.97 bits per heavy atom. The van der Waals surface area contributed by atoms with Crippen LogP contribution in [0.25, 0.3) is 21.9 Å². The smallest absolute Gasteiger partial charge is 0.338 e. The number of hydrogen-bond donors (Lipinski definition) is 1. The number of nitrogens with zero attached hydrogens (tertiary/aromatic N) is 3. The van der Waals surface area contributed by atoms with Crippen LogP contribution in [0.3, 0.4) is 0 Å². The quantitative estimate of drug-likeness (QED) is 0.386. The van der Waals surface area contributed by atoms with Crippen molar-refractivity contribution in [1.29, 1.82) is 0 Å². The maximum absolute atomic E-state index is 12.3. The Morgan fingerprint density at radius 1 is 1.14 bits per heavy atom. The van der Waals surface area contributed by atoms with Crippen molar-refractivity contribution in [2.24, 2.45) is 0 Å². The Kier molecular flexibility index (Phi) is 5.35. The first-order valence-electron chi connectivity index (χ1n) is 9.38. The molecule has 2 heterocycles. The summed E-state index contributed by atoms with van der Waals surface area (Å²) in [5, 5.41) is 1.38. The zero-order valence-corrected chi connectivity index (χ0v) is 17.0. The molecule has 0 saturated carbocycles. The van der Waals surface area contributed by atoms with E-state index in [1.54, 1.807) is 25.1 Å². The van der Waals surface area contributed by atoms with E-state index in [4.69, 9.17) is 4.74 Å². The SMILES string of the molecule is CCOC(=O)c1ccc2c(c1)nc(SCc1nc3ccccc3c(=O)[nH]1)n2CC. The summed E-state index contributed by atoms with van der Waals surface area (Å²) in [6.45, 7) is 4.89. The van der Waals surface area contributed by atoms with Crippen LogP contribution in [0.15, 0.2) is 52.4 Å². The van der Waals surface area contributed by atoms with Gasteiger partial charge in [-0.1, -0.05) is 23.9 Å². The molecular weight excluding hydrogens is 388 g/mol. The average molecular weight is 408 g/mol. The van der Waals surface area contributed by atoms with Crippen LogP contribution in [0.1, 0.15) is 30.0 Å². The molecule has 1 N–H and O–H groups in total. The van der Waals surface area contributed by atoms with Crippen molar-refractivity contribution in [3.8, 4) is 0 Å². The predicted octanol–water partition coefficient (Wildman–Crippen LogP) is 3.76. The number of nitrogens with one attached hydrogen (secondary N) is 1.